The Bertz CT molecular complexity index is 1160. The maximum absolute atomic E-state index is 13.0. The van der Waals surface area contributed by atoms with E-state index in [1.54, 1.807) is 17.0 Å². The number of hydrogen-bond donors (Lipinski definition) is 1. The van der Waals surface area contributed by atoms with Crippen molar-refractivity contribution in [2.75, 3.05) is 13.1 Å². The normalized spacial score (nSPS) is 15.0. The van der Waals surface area contributed by atoms with Crippen molar-refractivity contribution in [3.05, 3.63) is 57.2 Å². The molecule has 1 aliphatic heterocycles. The highest BCUT2D eigenvalue weighted by Crippen LogP contribution is 2.20. The molecule has 9 nitrogen and oxygen atoms in total. The van der Waals surface area contributed by atoms with E-state index < -0.39 is 11.2 Å². The van der Waals surface area contributed by atoms with Crippen LogP contribution in [0.2, 0.25) is 0 Å². The number of carbonyl (C=O) groups is 1. The molecule has 0 saturated carbocycles. The molecule has 0 bridgehead atoms. The summed E-state index contributed by atoms with van der Waals surface area (Å²) in [4.78, 5) is 44.5. The number of aromatic amines is 1. The highest BCUT2D eigenvalue weighted by atomic mass is 19.1. The van der Waals surface area contributed by atoms with Crippen LogP contribution in [0, 0.1) is 5.82 Å². The van der Waals surface area contributed by atoms with Gasteiger partial charge in [-0.05, 0) is 24.3 Å². The fourth-order valence-electron chi connectivity index (χ4n) is 3.48. The average Bonchev–Trinajstić information content (AvgIpc) is 3.13. The fraction of sp³-hybridized carbons (Fsp3) is 0.368. The number of hydrogen-bond acceptors (Lipinski definition) is 5. The zero-order valence-electron chi connectivity index (χ0n) is 15.8. The molecule has 1 aromatic carbocycles. The van der Waals surface area contributed by atoms with Crippen LogP contribution in [0.3, 0.4) is 0 Å². The van der Waals surface area contributed by atoms with Crippen LogP contribution in [-0.4, -0.2) is 49.1 Å². The number of rotatable bonds is 4. The molecule has 2 aromatic heterocycles. The number of nitrogens with one attached hydrogen (secondary N) is 1. The predicted molar refractivity (Wildman–Crippen MR) is 102 cm³/mol. The van der Waals surface area contributed by atoms with E-state index in [-0.39, 0.29) is 35.5 Å². The molecule has 3 aromatic rings. The molecule has 0 spiro atoms. The van der Waals surface area contributed by atoms with Crippen molar-refractivity contribution in [1.82, 2.24) is 24.0 Å². The predicted octanol–water partition coefficient (Wildman–Crippen LogP) is 0.632. The van der Waals surface area contributed by atoms with Gasteiger partial charge >= 0.3 is 5.69 Å². The van der Waals surface area contributed by atoms with E-state index in [1.165, 1.54) is 34.6 Å². The van der Waals surface area contributed by atoms with Gasteiger partial charge in [-0.15, -0.1) is 0 Å². The summed E-state index contributed by atoms with van der Waals surface area (Å²) in [5.41, 5.74) is -0.699. The van der Waals surface area contributed by atoms with E-state index >= 15 is 0 Å². The van der Waals surface area contributed by atoms with Crippen molar-refractivity contribution in [3.63, 3.8) is 0 Å². The van der Waals surface area contributed by atoms with E-state index in [4.69, 9.17) is 4.74 Å². The van der Waals surface area contributed by atoms with E-state index in [1.807, 2.05) is 0 Å². The Balaban J connectivity index is 1.40. The lowest BCUT2D eigenvalue weighted by atomic mass is 10.1. The molecule has 0 radical (unpaired) electrons. The highest BCUT2D eigenvalue weighted by Gasteiger charge is 2.25. The Labute approximate surface area is 164 Å². The number of nitrogens with zero attached hydrogens (tertiary/aromatic N) is 4. The molecule has 3 heterocycles. The summed E-state index contributed by atoms with van der Waals surface area (Å²) in [6, 6.07) is 5.87. The van der Waals surface area contributed by atoms with Gasteiger partial charge in [-0.1, -0.05) is 0 Å². The highest BCUT2D eigenvalue weighted by molar-refractivity contribution is 5.79. The maximum atomic E-state index is 13.0. The zero-order valence-corrected chi connectivity index (χ0v) is 15.8. The number of amides is 1. The monoisotopic (exact) mass is 401 g/mol. The summed E-state index contributed by atoms with van der Waals surface area (Å²) in [5, 5.41) is 0. The third-order valence-corrected chi connectivity index (χ3v) is 5.09. The van der Waals surface area contributed by atoms with Crippen LogP contribution in [0.5, 0.6) is 5.75 Å². The van der Waals surface area contributed by atoms with Gasteiger partial charge in [-0.3, -0.25) is 19.1 Å². The number of halogens is 1. The molecular weight excluding hydrogens is 381 g/mol. The molecule has 0 aliphatic carbocycles. The summed E-state index contributed by atoms with van der Waals surface area (Å²) in [6.45, 7) is 1.000. The first kappa shape index (κ1) is 18.9. The van der Waals surface area contributed by atoms with Gasteiger partial charge in [0.2, 0.25) is 5.91 Å². The van der Waals surface area contributed by atoms with Crippen molar-refractivity contribution >= 4 is 17.1 Å². The molecule has 1 fully saturated rings. The number of aromatic nitrogens is 4. The number of aryl methyl sites for hydroxylation is 1. The lowest BCUT2D eigenvalue weighted by molar-refractivity contribution is -0.133. The van der Waals surface area contributed by atoms with Gasteiger partial charge in [0, 0.05) is 33.0 Å². The Kier molecular flexibility index (Phi) is 4.91. The quantitative estimate of drug-likeness (QED) is 0.691. The SMILES string of the molecule is Cn1c(=O)[nH]c(=O)c2c1ncn2CC(=O)N1CCC(Oc2ccc(F)cc2)CC1. The Morgan fingerprint density at radius 2 is 1.93 bits per heavy atom. The topological polar surface area (TPSA) is 102 Å². The van der Waals surface area contributed by atoms with E-state index in [0.717, 1.165) is 0 Å². The van der Waals surface area contributed by atoms with Crippen LogP contribution in [-0.2, 0) is 18.4 Å². The number of fused-ring (bicyclic) bond motifs is 1. The number of benzene rings is 1. The Morgan fingerprint density at radius 3 is 2.62 bits per heavy atom. The molecule has 10 heteroatoms. The van der Waals surface area contributed by atoms with Crippen LogP contribution in [0.15, 0.2) is 40.2 Å². The molecule has 4 rings (SSSR count). The van der Waals surface area contributed by atoms with Gasteiger partial charge in [-0.2, -0.15) is 0 Å². The van der Waals surface area contributed by atoms with Crippen molar-refractivity contribution in [3.8, 4) is 5.75 Å². The van der Waals surface area contributed by atoms with Crippen LogP contribution in [0.4, 0.5) is 4.39 Å². The molecule has 1 N–H and O–H groups in total. The van der Waals surface area contributed by atoms with Gasteiger partial charge in [0.25, 0.3) is 5.56 Å². The first-order valence-electron chi connectivity index (χ1n) is 9.26. The standard InChI is InChI=1S/C19H20FN5O4/c1-23-17-16(18(27)22-19(23)28)25(11-21-17)10-15(26)24-8-6-14(7-9-24)29-13-4-2-12(20)3-5-13/h2-5,11,14H,6-10H2,1H3,(H,22,27,28). The third-order valence-electron chi connectivity index (χ3n) is 5.09. The molecule has 1 aliphatic rings. The molecule has 0 unspecified atom stereocenters. The second-order valence-electron chi connectivity index (χ2n) is 7.01. The number of piperidine rings is 1. The number of H-pyrrole nitrogens is 1. The summed E-state index contributed by atoms with van der Waals surface area (Å²) >= 11 is 0. The van der Waals surface area contributed by atoms with E-state index in [2.05, 4.69) is 9.97 Å². The summed E-state index contributed by atoms with van der Waals surface area (Å²) in [5.74, 6) is 0.146. The molecule has 29 heavy (non-hydrogen) atoms. The number of ether oxygens (including phenoxy) is 1. The molecular formula is C19H20FN5O4. The maximum Gasteiger partial charge on any atom is 0.329 e. The lowest BCUT2D eigenvalue weighted by Crippen LogP contribution is -2.43. The van der Waals surface area contributed by atoms with E-state index in [9.17, 15) is 18.8 Å². The first-order chi connectivity index (χ1) is 13.9. The minimum Gasteiger partial charge on any atom is -0.490 e. The second-order valence-corrected chi connectivity index (χ2v) is 7.01. The van der Waals surface area contributed by atoms with Gasteiger partial charge in [0.1, 0.15) is 24.2 Å². The average molecular weight is 401 g/mol. The minimum atomic E-state index is -0.570. The van der Waals surface area contributed by atoms with E-state index in [0.29, 0.717) is 31.7 Å². The number of likely N-dealkylation sites (tertiary alicyclic amines) is 1. The summed E-state index contributed by atoms with van der Waals surface area (Å²) in [7, 11) is 1.51. The zero-order chi connectivity index (χ0) is 20.5. The van der Waals surface area contributed by atoms with Crippen LogP contribution < -0.4 is 16.0 Å². The molecule has 1 amide bonds. The van der Waals surface area contributed by atoms with Crippen LogP contribution >= 0.6 is 0 Å². The Morgan fingerprint density at radius 1 is 1.24 bits per heavy atom. The van der Waals surface area contributed by atoms with Crippen LogP contribution in [0.1, 0.15) is 12.8 Å². The summed E-state index contributed by atoms with van der Waals surface area (Å²) < 4.78 is 21.5. The fourth-order valence-corrected chi connectivity index (χ4v) is 3.48. The van der Waals surface area contributed by atoms with Gasteiger partial charge < -0.3 is 14.2 Å². The molecule has 1 saturated heterocycles. The Hall–Kier alpha value is -3.43. The minimum absolute atomic E-state index is 0.0404. The molecule has 152 valence electrons. The van der Waals surface area contributed by atoms with Crippen molar-refractivity contribution in [2.45, 2.75) is 25.5 Å². The lowest BCUT2D eigenvalue weighted by Gasteiger charge is -2.32. The number of imidazole rings is 1. The van der Waals surface area contributed by atoms with Crippen molar-refractivity contribution < 1.29 is 13.9 Å². The van der Waals surface area contributed by atoms with Crippen LogP contribution in [0.25, 0.3) is 11.2 Å². The second kappa shape index (κ2) is 7.53. The number of carbonyl (C=O) groups excluding carboxylic acids is 1. The van der Waals surface area contributed by atoms with Crippen molar-refractivity contribution in [1.29, 1.82) is 0 Å². The van der Waals surface area contributed by atoms with Gasteiger partial charge in [0.05, 0.1) is 6.33 Å². The van der Waals surface area contributed by atoms with Gasteiger partial charge in [-0.25, -0.2) is 14.2 Å². The first-order valence-corrected chi connectivity index (χ1v) is 9.26. The van der Waals surface area contributed by atoms with Gasteiger partial charge in [0.15, 0.2) is 11.2 Å². The van der Waals surface area contributed by atoms with Crippen molar-refractivity contribution in [2.24, 2.45) is 7.05 Å². The largest absolute Gasteiger partial charge is 0.490 e. The summed E-state index contributed by atoms with van der Waals surface area (Å²) in [6.07, 6.45) is 2.66. The smallest absolute Gasteiger partial charge is 0.329 e. The third kappa shape index (κ3) is 3.78. The molecule has 0 atom stereocenters.